The van der Waals surface area contributed by atoms with Crippen LogP contribution in [0.1, 0.15) is 5.56 Å². The summed E-state index contributed by atoms with van der Waals surface area (Å²) in [6.45, 7) is -0.416. The van der Waals surface area contributed by atoms with Crippen molar-refractivity contribution in [3.05, 3.63) is 60.4 Å². The fraction of sp³-hybridized carbons (Fsp3) is 0.158. The van der Waals surface area contributed by atoms with Crippen molar-refractivity contribution in [3.63, 3.8) is 0 Å². The van der Waals surface area contributed by atoms with Gasteiger partial charge in [0, 0.05) is 30.9 Å². The lowest BCUT2D eigenvalue weighted by Crippen LogP contribution is -2.10. The van der Waals surface area contributed by atoms with Gasteiger partial charge >= 0.3 is 5.97 Å². The van der Waals surface area contributed by atoms with Crippen LogP contribution in [0, 0.1) is 0 Å². The molecule has 1 aromatic heterocycles. The first-order valence-corrected chi connectivity index (χ1v) is 8.20. The minimum absolute atomic E-state index is 0.416. The molecular weight excluding hydrogens is 346 g/mol. The molecule has 8 heteroatoms. The van der Waals surface area contributed by atoms with Crippen LogP contribution in [0.25, 0.3) is 11.4 Å². The summed E-state index contributed by atoms with van der Waals surface area (Å²) in [6, 6.07) is 15.0. The van der Waals surface area contributed by atoms with Crippen molar-refractivity contribution < 1.29 is 14.6 Å². The second-order valence-electron chi connectivity index (χ2n) is 5.91. The zero-order chi connectivity index (χ0) is 19.2. The van der Waals surface area contributed by atoms with E-state index in [0.29, 0.717) is 17.1 Å². The highest BCUT2D eigenvalue weighted by Crippen LogP contribution is 2.21. The summed E-state index contributed by atoms with van der Waals surface area (Å²) in [5, 5.41) is 21.2. The average molecular weight is 365 g/mol. The first-order chi connectivity index (χ1) is 13.0. The number of benzene rings is 2. The number of aromatic nitrogens is 3. The lowest BCUT2D eigenvalue weighted by Gasteiger charge is -2.12. The Morgan fingerprint density at radius 3 is 2.67 bits per heavy atom. The average Bonchev–Trinajstić information content (AvgIpc) is 3.14. The number of rotatable bonds is 7. The van der Waals surface area contributed by atoms with Crippen LogP contribution in [0.4, 0.5) is 5.69 Å². The van der Waals surface area contributed by atoms with Gasteiger partial charge in [-0.15, -0.1) is 10.2 Å². The molecule has 0 saturated carbocycles. The summed E-state index contributed by atoms with van der Waals surface area (Å²) < 4.78 is 6.84. The molecule has 8 nitrogen and oxygen atoms in total. The second-order valence-corrected chi connectivity index (χ2v) is 5.91. The zero-order valence-electron chi connectivity index (χ0n) is 15.0. The molecule has 0 bridgehead atoms. The van der Waals surface area contributed by atoms with Crippen molar-refractivity contribution in [3.8, 4) is 17.1 Å². The predicted molar refractivity (Wildman–Crippen MR) is 102 cm³/mol. The highest BCUT2D eigenvalue weighted by atomic mass is 16.5. The Kier molecular flexibility index (Phi) is 5.46. The minimum Gasteiger partial charge on any atom is -0.481 e. The standard InChI is InChI=1S/C19H19N5O3/c1-23(2)16-9-7-14(8-10-16)19-22-20-13-24(19)21-11-15-5-3-4-6-17(15)27-12-18(25)26/h3-11,13H,12H2,1-2H3,(H,25,26)/b21-11+. The monoisotopic (exact) mass is 365 g/mol. The molecule has 0 atom stereocenters. The van der Waals surface area contributed by atoms with E-state index < -0.39 is 12.6 Å². The van der Waals surface area contributed by atoms with Crippen molar-refractivity contribution >= 4 is 17.9 Å². The smallest absolute Gasteiger partial charge is 0.341 e. The molecule has 0 amide bonds. The van der Waals surface area contributed by atoms with Gasteiger partial charge in [0.15, 0.2) is 12.4 Å². The van der Waals surface area contributed by atoms with Gasteiger partial charge in [-0.3, -0.25) is 0 Å². The quantitative estimate of drug-likeness (QED) is 0.646. The van der Waals surface area contributed by atoms with Gasteiger partial charge in [0.05, 0.1) is 6.21 Å². The largest absolute Gasteiger partial charge is 0.481 e. The molecule has 0 spiro atoms. The molecule has 3 rings (SSSR count). The van der Waals surface area contributed by atoms with E-state index in [4.69, 9.17) is 9.84 Å². The Hall–Kier alpha value is -3.68. The Morgan fingerprint density at radius 2 is 1.96 bits per heavy atom. The fourth-order valence-corrected chi connectivity index (χ4v) is 2.40. The Labute approximate surface area is 156 Å². The topological polar surface area (TPSA) is 92.8 Å². The zero-order valence-corrected chi connectivity index (χ0v) is 15.0. The number of carbonyl (C=O) groups is 1. The molecule has 0 saturated heterocycles. The van der Waals surface area contributed by atoms with Crippen LogP contribution in [0.3, 0.4) is 0 Å². The van der Waals surface area contributed by atoms with Gasteiger partial charge in [-0.25, -0.2) is 4.79 Å². The number of para-hydroxylation sites is 1. The van der Waals surface area contributed by atoms with E-state index in [1.165, 1.54) is 6.33 Å². The fourth-order valence-electron chi connectivity index (χ4n) is 2.40. The van der Waals surface area contributed by atoms with Gasteiger partial charge in [-0.1, -0.05) is 12.1 Å². The van der Waals surface area contributed by atoms with E-state index >= 15 is 0 Å². The van der Waals surface area contributed by atoms with Crippen LogP contribution in [0.2, 0.25) is 0 Å². The minimum atomic E-state index is -1.04. The molecule has 138 valence electrons. The first-order valence-electron chi connectivity index (χ1n) is 8.20. The predicted octanol–water partition coefficient (Wildman–Crippen LogP) is 2.36. The van der Waals surface area contributed by atoms with E-state index in [1.807, 2.05) is 49.3 Å². The maximum absolute atomic E-state index is 10.7. The molecular formula is C19H19N5O3. The van der Waals surface area contributed by atoms with Crippen LogP contribution in [0.15, 0.2) is 60.0 Å². The summed E-state index contributed by atoms with van der Waals surface area (Å²) in [5.41, 5.74) is 2.62. The molecule has 1 heterocycles. The van der Waals surface area contributed by atoms with Crippen molar-refractivity contribution in [1.82, 2.24) is 14.9 Å². The summed E-state index contributed by atoms with van der Waals surface area (Å²) in [7, 11) is 3.96. The Balaban J connectivity index is 1.84. The third-order valence-corrected chi connectivity index (χ3v) is 3.76. The summed E-state index contributed by atoms with van der Waals surface area (Å²) in [4.78, 5) is 12.7. The molecule has 27 heavy (non-hydrogen) atoms. The Bertz CT molecular complexity index is 948. The molecule has 0 aliphatic carbocycles. The third kappa shape index (κ3) is 4.49. The number of carboxylic acid groups (broad SMARTS) is 1. The van der Waals surface area contributed by atoms with Crippen LogP contribution in [0.5, 0.6) is 5.75 Å². The number of carboxylic acids is 1. The molecule has 1 N–H and O–H groups in total. The van der Waals surface area contributed by atoms with Crippen LogP contribution in [-0.4, -0.2) is 52.9 Å². The SMILES string of the molecule is CN(C)c1ccc(-c2nncn2/N=C/c2ccccc2OCC(=O)O)cc1. The number of aliphatic carboxylic acids is 1. The van der Waals surface area contributed by atoms with Crippen molar-refractivity contribution in [2.75, 3.05) is 25.6 Å². The van der Waals surface area contributed by atoms with E-state index in [1.54, 1.807) is 29.1 Å². The number of anilines is 1. The lowest BCUT2D eigenvalue weighted by molar-refractivity contribution is -0.139. The van der Waals surface area contributed by atoms with Gasteiger partial charge in [0.1, 0.15) is 12.1 Å². The van der Waals surface area contributed by atoms with Crippen molar-refractivity contribution in [1.29, 1.82) is 0 Å². The lowest BCUT2D eigenvalue weighted by atomic mass is 10.2. The highest BCUT2D eigenvalue weighted by molar-refractivity contribution is 5.83. The van der Waals surface area contributed by atoms with Gasteiger partial charge in [0.2, 0.25) is 0 Å². The maximum Gasteiger partial charge on any atom is 0.341 e. The van der Waals surface area contributed by atoms with Crippen LogP contribution < -0.4 is 9.64 Å². The molecule has 3 aromatic rings. The maximum atomic E-state index is 10.7. The van der Waals surface area contributed by atoms with E-state index in [-0.39, 0.29) is 0 Å². The molecule has 0 unspecified atom stereocenters. The van der Waals surface area contributed by atoms with E-state index in [2.05, 4.69) is 15.3 Å². The third-order valence-electron chi connectivity index (χ3n) is 3.76. The van der Waals surface area contributed by atoms with Crippen LogP contribution in [-0.2, 0) is 4.79 Å². The van der Waals surface area contributed by atoms with Crippen molar-refractivity contribution in [2.45, 2.75) is 0 Å². The number of nitrogens with zero attached hydrogens (tertiary/aromatic N) is 5. The summed E-state index contributed by atoms with van der Waals surface area (Å²) in [6.07, 6.45) is 3.09. The van der Waals surface area contributed by atoms with E-state index in [0.717, 1.165) is 11.3 Å². The van der Waals surface area contributed by atoms with Gasteiger partial charge < -0.3 is 14.7 Å². The van der Waals surface area contributed by atoms with Gasteiger partial charge in [-0.2, -0.15) is 9.78 Å². The molecule has 2 aromatic carbocycles. The normalized spacial score (nSPS) is 10.9. The molecule has 0 fully saturated rings. The number of hydrogen-bond acceptors (Lipinski definition) is 6. The number of ether oxygens (including phenoxy) is 1. The molecule has 0 radical (unpaired) electrons. The first kappa shape index (κ1) is 18.1. The summed E-state index contributed by atoms with van der Waals surface area (Å²) >= 11 is 0. The second kappa shape index (κ2) is 8.13. The van der Waals surface area contributed by atoms with Gasteiger partial charge in [0.25, 0.3) is 0 Å². The van der Waals surface area contributed by atoms with Crippen molar-refractivity contribution in [2.24, 2.45) is 5.10 Å². The van der Waals surface area contributed by atoms with Crippen LogP contribution >= 0.6 is 0 Å². The van der Waals surface area contributed by atoms with Gasteiger partial charge in [-0.05, 0) is 36.4 Å². The molecule has 0 aliphatic heterocycles. The highest BCUT2D eigenvalue weighted by Gasteiger charge is 2.08. The van der Waals surface area contributed by atoms with E-state index in [9.17, 15) is 4.79 Å². The summed E-state index contributed by atoms with van der Waals surface area (Å²) in [5.74, 6) is -0.00175. The Morgan fingerprint density at radius 1 is 1.22 bits per heavy atom. The number of hydrogen-bond donors (Lipinski definition) is 1. The molecule has 0 aliphatic rings.